The summed E-state index contributed by atoms with van der Waals surface area (Å²) in [6.45, 7) is 2.28. The van der Waals surface area contributed by atoms with Crippen molar-refractivity contribution in [1.82, 2.24) is 6.15 Å². The summed E-state index contributed by atoms with van der Waals surface area (Å²) < 4.78 is 0. The van der Waals surface area contributed by atoms with Crippen molar-refractivity contribution in [1.29, 1.82) is 0 Å². The van der Waals surface area contributed by atoms with Gasteiger partial charge in [-0.2, -0.15) is 0 Å². The predicted octanol–water partition coefficient (Wildman–Crippen LogP) is 6.63. The van der Waals surface area contributed by atoms with Gasteiger partial charge in [0.2, 0.25) is 0 Å². The molecule has 0 aliphatic rings. The molecular formula is C20H44NNaO2. The van der Waals surface area contributed by atoms with Crippen LogP contribution in [0.5, 0.6) is 0 Å². The third-order valence-electron chi connectivity index (χ3n) is 4.49. The molecule has 0 amide bonds. The molecule has 0 bridgehead atoms. The molecule has 0 saturated heterocycles. The molecule has 24 heavy (non-hydrogen) atoms. The van der Waals surface area contributed by atoms with Crippen LogP contribution in [0.1, 0.15) is 122 Å². The van der Waals surface area contributed by atoms with Gasteiger partial charge in [0, 0.05) is 6.42 Å². The van der Waals surface area contributed by atoms with Crippen LogP contribution in [-0.2, 0) is 4.79 Å². The van der Waals surface area contributed by atoms with Crippen molar-refractivity contribution in [2.75, 3.05) is 0 Å². The molecule has 0 atom stereocenters. The van der Waals surface area contributed by atoms with Crippen molar-refractivity contribution in [3.8, 4) is 0 Å². The number of rotatable bonds is 18. The third-order valence-corrected chi connectivity index (χ3v) is 4.49. The van der Waals surface area contributed by atoms with Crippen molar-refractivity contribution < 1.29 is 9.90 Å². The summed E-state index contributed by atoms with van der Waals surface area (Å²) in [6, 6.07) is 0. The number of carboxylic acids is 1. The van der Waals surface area contributed by atoms with Crippen LogP contribution in [0.4, 0.5) is 0 Å². The number of carbonyl (C=O) groups is 1. The molecule has 142 valence electrons. The molecule has 0 aliphatic carbocycles. The SMILES string of the molecule is CCCCCCCCCCCCCCCCCCCC(=O)O.N.[NaH]. The van der Waals surface area contributed by atoms with Crippen LogP contribution < -0.4 is 6.15 Å². The molecule has 4 heteroatoms. The summed E-state index contributed by atoms with van der Waals surface area (Å²) in [7, 11) is 0. The van der Waals surface area contributed by atoms with Crippen LogP contribution in [0.2, 0.25) is 0 Å². The van der Waals surface area contributed by atoms with E-state index in [0.29, 0.717) is 6.42 Å². The van der Waals surface area contributed by atoms with Gasteiger partial charge < -0.3 is 11.3 Å². The second kappa shape index (κ2) is 25.7. The van der Waals surface area contributed by atoms with E-state index in [1.54, 1.807) is 0 Å². The first-order valence-corrected chi connectivity index (χ1v) is 9.99. The van der Waals surface area contributed by atoms with Gasteiger partial charge in [-0.25, -0.2) is 0 Å². The Morgan fingerprint density at radius 3 is 1.08 bits per heavy atom. The van der Waals surface area contributed by atoms with Crippen LogP contribution >= 0.6 is 0 Å². The van der Waals surface area contributed by atoms with Crippen molar-refractivity contribution >= 4 is 35.5 Å². The van der Waals surface area contributed by atoms with Crippen molar-refractivity contribution in [3.05, 3.63) is 0 Å². The number of aliphatic carboxylic acids is 1. The van der Waals surface area contributed by atoms with Gasteiger partial charge in [0.15, 0.2) is 0 Å². The van der Waals surface area contributed by atoms with E-state index in [2.05, 4.69) is 6.92 Å². The standard InChI is InChI=1S/C20H40O2.H3N.Na.H/c1-2-3-4-5-6-7-8-9-10-11-12-13-14-15-16-17-18-19-20(21)22;;;/h2-19H2,1H3,(H,21,22);1H3;;. The average molecular weight is 354 g/mol. The fourth-order valence-corrected chi connectivity index (χ4v) is 3.00. The maximum atomic E-state index is 10.4. The first-order valence-electron chi connectivity index (χ1n) is 9.99. The molecular weight excluding hydrogens is 309 g/mol. The Hall–Kier alpha value is 0.430. The Labute approximate surface area is 173 Å². The van der Waals surface area contributed by atoms with Gasteiger partial charge in [-0.05, 0) is 6.42 Å². The summed E-state index contributed by atoms with van der Waals surface area (Å²) >= 11 is 0. The van der Waals surface area contributed by atoms with E-state index < -0.39 is 5.97 Å². The second-order valence-electron chi connectivity index (χ2n) is 6.80. The molecule has 0 aromatic carbocycles. The van der Waals surface area contributed by atoms with E-state index in [4.69, 9.17) is 5.11 Å². The van der Waals surface area contributed by atoms with E-state index in [0.717, 1.165) is 12.8 Å². The third kappa shape index (κ3) is 27.3. The molecule has 3 nitrogen and oxygen atoms in total. The van der Waals surface area contributed by atoms with E-state index in [1.807, 2.05) is 0 Å². The maximum absolute atomic E-state index is 10.4. The van der Waals surface area contributed by atoms with Crippen molar-refractivity contribution in [2.24, 2.45) is 0 Å². The molecule has 0 aromatic rings. The molecule has 0 aromatic heterocycles. The molecule has 0 radical (unpaired) electrons. The summed E-state index contributed by atoms with van der Waals surface area (Å²) in [4.78, 5) is 10.4. The van der Waals surface area contributed by atoms with Crippen molar-refractivity contribution in [3.63, 3.8) is 0 Å². The Balaban J connectivity index is -0.00000220. The van der Waals surface area contributed by atoms with Gasteiger partial charge in [0.05, 0.1) is 0 Å². The van der Waals surface area contributed by atoms with E-state index >= 15 is 0 Å². The zero-order valence-electron chi connectivity index (χ0n) is 15.8. The van der Waals surface area contributed by atoms with Gasteiger partial charge in [0.25, 0.3) is 0 Å². The molecule has 0 fully saturated rings. The van der Waals surface area contributed by atoms with Crippen LogP contribution in [0, 0.1) is 0 Å². The zero-order chi connectivity index (χ0) is 16.3. The van der Waals surface area contributed by atoms with E-state index in [-0.39, 0.29) is 35.7 Å². The summed E-state index contributed by atoms with van der Waals surface area (Å²) in [6.07, 6.45) is 23.1. The first-order chi connectivity index (χ1) is 10.8. The molecule has 0 rings (SSSR count). The second-order valence-corrected chi connectivity index (χ2v) is 6.80. The van der Waals surface area contributed by atoms with Gasteiger partial charge in [-0.1, -0.05) is 110 Å². The van der Waals surface area contributed by atoms with E-state index in [9.17, 15) is 4.79 Å². The fourth-order valence-electron chi connectivity index (χ4n) is 3.00. The molecule has 0 saturated carbocycles. The Bertz CT molecular complexity index is 238. The number of unbranched alkanes of at least 4 members (excludes halogenated alkanes) is 16. The normalized spacial score (nSPS) is 10.0. The minimum absolute atomic E-state index is 0. The quantitative estimate of drug-likeness (QED) is 0.215. The minimum atomic E-state index is -0.652. The molecule has 0 spiro atoms. The van der Waals surface area contributed by atoms with Gasteiger partial charge >= 0.3 is 35.5 Å². The van der Waals surface area contributed by atoms with E-state index in [1.165, 1.54) is 96.3 Å². The Morgan fingerprint density at radius 1 is 0.583 bits per heavy atom. The molecule has 0 heterocycles. The molecule has 4 N–H and O–H groups in total. The average Bonchev–Trinajstić information content (AvgIpc) is 2.50. The topological polar surface area (TPSA) is 72.3 Å². The Morgan fingerprint density at radius 2 is 0.833 bits per heavy atom. The Kier molecular flexibility index (Phi) is 31.2. The van der Waals surface area contributed by atoms with Crippen LogP contribution in [0.15, 0.2) is 0 Å². The van der Waals surface area contributed by atoms with Crippen LogP contribution in [0.25, 0.3) is 0 Å². The number of carboxylic acid groups (broad SMARTS) is 1. The number of hydrogen-bond donors (Lipinski definition) is 2. The monoisotopic (exact) mass is 353 g/mol. The predicted molar refractivity (Wildman–Crippen MR) is 109 cm³/mol. The van der Waals surface area contributed by atoms with Crippen molar-refractivity contribution in [2.45, 2.75) is 122 Å². The number of hydrogen-bond acceptors (Lipinski definition) is 2. The van der Waals surface area contributed by atoms with Gasteiger partial charge in [-0.15, -0.1) is 0 Å². The molecule has 0 aliphatic heterocycles. The first kappa shape index (κ1) is 29.2. The molecule has 0 unspecified atom stereocenters. The summed E-state index contributed by atoms with van der Waals surface area (Å²) in [5.41, 5.74) is 0. The summed E-state index contributed by atoms with van der Waals surface area (Å²) in [5, 5.41) is 8.54. The van der Waals surface area contributed by atoms with Crippen LogP contribution in [0.3, 0.4) is 0 Å². The zero-order valence-corrected chi connectivity index (χ0v) is 15.8. The van der Waals surface area contributed by atoms with Gasteiger partial charge in [-0.3, -0.25) is 4.79 Å². The van der Waals surface area contributed by atoms with Crippen LogP contribution in [-0.4, -0.2) is 40.6 Å². The summed E-state index contributed by atoms with van der Waals surface area (Å²) in [5.74, 6) is -0.652. The fraction of sp³-hybridized carbons (Fsp3) is 0.950. The van der Waals surface area contributed by atoms with Gasteiger partial charge in [0.1, 0.15) is 0 Å².